The standard InChI is InChI=1S/C15H15NO2/c1-3-5-11-12-6-9-15(17)18-14(12)8-7-13(11)16-10-4-2/h3-4,6-9,16H,1-2,5,10H2. The van der Waals surface area contributed by atoms with Gasteiger partial charge >= 0.3 is 5.63 Å². The molecule has 0 aliphatic heterocycles. The largest absolute Gasteiger partial charge is 0.423 e. The van der Waals surface area contributed by atoms with Gasteiger partial charge in [0.2, 0.25) is 0 Å². The van der Waals surface area contributed by atoms with E-state index in [2.05, 4.69) is 18.5 Å². The summed E-state index contributed by atoms with van der Waals surface area (Å²) >= 11 is 0. The van der Waals surface area contributed by atoms with E-state index in [0.29, 0.717) is 18.5 Å². The lowest BCUT2D eigenvalue weighted by Crippen LogP contribution is -2.03. The SMILES string of the molecule is C=CCNc1ccc2oc(=O)ccc2c1CC=C. The van der Waals surface area contributed by atoms with E-state index in [4.69, 9.17) is 4.42 Å². The first kappa shape index (κ1) is 12.2. The smallest absolute Gasteiger partial charge is 0.336 e. The first-order valence-corrected chi connectivity index (χ1v) is 5.77. The first-order valence-electron chi connectivity index (χ1n) is 5.77. The average molecular weight is 241 g/mol. The summed E-state index contributed by atoms with van der Waals surface area (Å²) in [4.78, 5) is 11.2. The number of hydrogen-bond acceptors (Lipinski definition) is 3. The molecule has 2 rings (SSSR count). The molecular weight excluding hydrogens is 226 g/mol. The number of benzene rings is 1. The van der Waals surface area contributed by atoms with Crippen molar-refractivity contribution in [2.24, 2.45) is 0 Å². The molecule has 1 aromatic carbocycles. The highest BCUT2D eigenvalue weighted by atomic mass is 16.4. The monoisotopic (exact) mass is 241 g/mol. The molecule has 0 radical (unpaired) electrons. The Morgan fingerprint density at radius 1 is 1.17 bits per heavy atom. The number of anilines is 1. The summed E-state index contributed by atoms with van der Waals surface area (Å²) in [7, 11) is 0. The van der Waals surface area contributed by atoms with Crippen LogP contribution in [-0.4, -0.2) is 6.54 Å². The molecule has 92 valence electrons. The third kappa shape index (κ3) is 2.35. The highest BCUT2D eigenvalue weighted by Crippen LogP contribution is 2.26. The van der Waals surface area contributed by atoms with Gasteiger partial charge in [-0.25, -0.2) is 4.79 Å². The Morgan fingerprint density at radius 2 is 2.00 bits per heavy atom. The Labute approximate surface area is 105 Å². The zero-order valence-corrected chi connectivity index (χ0v) is 10.1. The van der Waals surface area contributed by atoms with Crippen molar-refractivity contribution >= 4 is 16.7 Å². The van der Waals surface area contributed by atoms with Gasteiger partial charge in [-0.15, -0.1) is 13.2 Å². The minimum atomic E-state index is -0.334. The molecule has 1 N–H and O–H groups in total. The van der Waals surface area contributed by atoms with Crippen LogP contribution in [0.1, 0.15) is 5.56 Å². The lowest BCUT2D eigenvalue weighted by molar-refractivity contribution is 0.561. The molecule has 0 saturated heterocycles. The Morgan fingerprint density at radius 3 is 2.72 bits per heavy atom. The highest BCUT2D eigenvalue weighted by Gasteiger charge is 2.07. The maximum Gasteiger partial charge on any atom is 0.336 e. The fraction of sp³-hybridized carbons (Fsp3) is 0.133. The van der Waals surface area contributed by atoms with E-state index in [1.165, 1.54) is 6.07 Å². The van der Waals surface area contributed by atoms with Crippen LogP contribution >= 0.6 is 0 Å². The summed E-state index contributed by atoms with van der Waals surface area (Å²) in [6.45, 7) is 8.13. The van der Waals surface area contributed by atoms with Crippen molar-refractivity contribution in [2.45, 2.75) is 6.42 Å². The minimum Gasteiger partial charge on any atom is -0.423 e. The lowest BCUT2D eigenvalue weighted by atomic mass is 10.0. The predicted octanol–water partition coefficient (Wildman–Crippen LogP) is 3.12. The molecule has 0 saturated carbocycles. The Kier molecular flexibility index (Phi) is 3.63. The van der Waals surface area contributed by atoms with E-state index in [1.54, 1.807) is 18.2 Å². The second kappa shape index (κ2) is 5.36. The van der Waals surface area contributed by atoms with E-state index in [9.17, 15) is 4.79 Å². The molecule has 3 nitrogen and oxygen atoms in total. The highest BCUT2D eigenvalue weighted by molar-refractivity contribution is 5.86. The molecule has 1 aromatic heterocycles. The van der Waals surface area contributed by atoms with Crippen molar-refractivity contribution in [1.82, 2.24) is 0 Å². The fourth-order valence-corrected chi connectivity index (χ4v) is 1.92. The maximum atomic E-state index is 11.2. The van der Waals surface area contributed by atoms with Crippen LogP contribution in [-0.2, 0) is 6.42 Å². The van der Waals surface area contributed by atoms with Crippen LogP contribution in [0.5, 0.6) is 0 Å². The van der Waals surface area contributed by atoms with E-state index < -0.39 is 0 Å². The van der Waals surface area contributed by atoms with Gasteiger partial charge in [0.1, 0.15) is 5.58 Å². The van der Waals surface area contributed by atoms with Gasteiger partial charge in [0, 0.05) is 23.7 Å². The topological polar surface area (TPSA) is 42.2 Å². The molecule has 0 bridgehead atoms. The van der Waals surface area contributed by atoms with Crippen LogP contribution < -0.4 is 10.9 Å². The molecule has 1 heterocycles. The van der Waals surface area contributed by atoms with Crippen LogP contribution in [0.25, 0.3) is 11.0 Å². The molecular formula is C15H15NO2. The third-order valence-corrected chi connectivity index (χ3v) is 2.70. The van der Waals surface area contributed by atoms with Crippen molar-refractivity contribution in [3.63, 3.8) is 0 Å². The van der Waals surface area contributed by atoms with Gasteiger partial charge in [0.25, 0.3) is 0 Å². The summed E-state index contributed by atoms with van der Waals surface area (Å²) in [6.07, 6.45) is 4.34. The zero-order valence-electron chi connectivity index (χ0n) is 10.1. The fourth-order valence-electron chi connectivity index (χ4n) is 1.92. The van der Waals surface area contributed by atoms with Gasteiger partial charge < -0.3 is 9.73 Å². The summed E-state index contributed by atoms with van der Waals surface area (Å²) in [5.74, 6) is 0. The van der Waals surface area contributed by atoms with Gasteiger partial charge in [-0.3, -0.25) is 0 Å². The van der Waals surface area contributed by atoms with Gasteiger partial charge in [0.05, 0.1) is 0 Å². The second-order valence-electron chi connectivity index (χ2n) is 3.92. The molecule has 18 heavy (non-hydrogen) atoms. The zero-order chi connectivity index (χ0) is 13.0. The summed E-state index contributed by atoms with van der Waals surface area (Å²) in [5, 5.41) is 4.20. The van der Waals surface area contributed by atoms with Crippen LogP contribution in [0.2, 0.25) is 0 Å². The van der Waals surface area contributed by atoms with Crippen LogP contribution in [0.4, 0.5) is 5.69 Å². The Balaban J connectivity index is 2.61. The Bertz CT molecular complexity index is 640. The Hall–Kier alpha value is -2.29. The van der Waals surface area contributed by atoms with Crippen molar-refractivity contribution in [3.8, 4) is 0 Å². The molecule has 3 heteroatoms. The van der Waals surface area contributed by atoms with Crippen LogP contribution in [0, 0.1) is 0 Å². The minimum absolute atomic E-state index is 0.334. The molecule has 0 aliphatic rings. The predicted molar refractivity (Wildman–Crippen MR) is 75.1 cm³/mol. The molecule has 0 amide bonds. The van der Waals surface area contributed by atoms with E-state index >= 15 is 0 Å². The number of rotatable bonds is 5. The average Bonchev–Trinajstić information content (AvgIpc) is 2.37. The third-order valence-electron chi connectivity index (χ3n) is 2.70. The number of hydrogen-bond donors (Lipinski definition) is 1. The van der Waals surface area contributed by atoms with E-state index in [0.717, 1.165) is 16.6 Å². The molecule has 0 aliphatic carbocycles. The van der Waals surface area contributed by atoms with Gasteiger partial charge in [-0.2, -0.15) is 0 Å². The maximum absolute atomic E-state index is 11.2. The van der Waals surface area contributed by atoms with Crippen LogP contribution in [0.15, 0.2) is 58.8 Å². The van der Waals surface area contributed by atoms with Gasteiger partial charge in [0.15, 0.2) is 0 Å². The number of allylic oxidation sites excluding steroid dienone is 1. The quantitative estimate of drug-likeness (QED) is 0.646. The molecule has 0 unspecified atom stereocenters. The molecule has 0 atom stereocenters. The first-order chi connectivity index (χ1) is 8.76. The molecule has 0 fully saturated rings. The summed E-state index contributed by atoms with van der Waals surface area (Å²) in [6, 6.07) is 6.94. The van der Waals surface area contributed by atoms with Crippen LogP contribution in [0.3, 0.4) is 0 Å². The van der Waals surface area contributed by atoms with Crippen molar-refractivity contribution in [2.75, 3.05) is 11.9 Å². The van der Waals surface area contributed by atoms with E-state index in [1.807, 2.05) is 12.1 Å². The summed E-state index contributed by atoms with van der Waals surface area (Å²) in [5.41, 5.74) is 2.35. The molecule has 0 spiro atoms. The van der Waals surface area contributed by atoms with Gasteiger partial charge in [-0.05, 0) is 30.2 Å². The van der Waals surface area contributed by atoms with Crippen molar-refractivity contribution in [1.29, 1.82) is 0 Å². The lowest BCUT2D eigenvalue weighted by Gasteiger charge is -2.11. The van der Waals surface area contributed by atoms with Crippen molar-refractivity contribution in [3.05, 3.63) is 65.6 Å². The van der Waals surface area contributed by atoms with E-state index in [-0.39, 0.29) is 5.63 Å². The van der Waals surface area contributed by atoms with Gasteiger partial charge in [-0.1, -0.05) is 12.2 Å². The summed E-state index contributed by atoms with van der Waals surface area (Å²) < 4.78 is 5.17. The normalized spacial score (nSPS) is 10.2. The number of fused-ring (bicyclic) bond motifs is 1. The second-order valence-corrected chi connectivity index (χ2v) is 3.92. The molecule has 2 aromatic rings. The number of nitrogens with one attached hydrogen (secondary N) is 1. The van der Waals surface area contributed by atoms with Crippen molar-refractivity contribution < 1.29 is 4.42 Å².